The van der Waals surface area contributed by atoms with Gasteiger partial charge in [0.1, 0.15) is 11.5 Å². The molecule has 5 aliphatic rings. The first-order valence-electron chi connectivity index (χ1n) is 30.9. The lowest BCUT2D eigenvalue weighted by atomic mass is 9.34. The minimum absolute atomic E-state index is 0.226. The predicted octanol–water partition coefficient (Wildman–Crippen LogP) is 19.2. The van der Waals surface area contributed by atoms with E-state index in [1.807, 2.05) is 0 Å². The van der Waals surface area contributed by atoms with Crippen molar-refractivity contribution in [1.29, 1.82) is 0 Å². The maximum atomic E-state index is 7.73. The third kappa shape index (κ3) is 6.91. The van der Waals surface area contributed by atoms with Gasteiger partial charge in [0.25, 0.3) is 6.71 Å². The third-order valence-electron chi connectivity index (χ3n) is 20.0. The minimum atomic E-state index is -0.542. The van der Waals surface area contributed by atoms with Crippen LogP contribution in [0, 0.1) is 27.7 Å². The van der Waals surface area contributed by atoms with Gasteiger partial charge in [0.15, 0.2) is 0 Å². The van der Waals surface area contributed by atoms with Gasteiger partial charge >= 0.3 is 0 Å². The van der Waals surface area contributed by atoms with E-state index in [0.717, 1.165) is 56.5 Å². The Morgan fingerprint density at radius 3 is 0.920 bits per heavy atom. The number of anilines is 6. The number of rotatable bonds is 5. The van der Waals surface area contributed by atoms with Crippen molar-refractivity contribution in [3.05, 3.63) is 352 Å². The SMILES string of the molecule is Cc1ccc2c(c1)C1(c3ccccc3-c3ccccc31)c1cc(C)ccc1N2c1ccc2c(c1)Oc1cc(N3c4ccc(C)cc4C4(c5ccccc5-c5ccccc54)c4cc(C)ccc43)ccc1B2c1c(-c2ccccc2)cccc1-c1ccccc1. The Kier molecular flexibility index (Phi) is 10.9. The van der Waals surface area contributed by atoms with Crippen LogP contribution < -0.4 is 30.9 Å². The second-order valence-corrected chi connectivity index (χ2v) is 24.9. The standard InChI is InChI=1S/C84H59BN2O/c1-52-34-42-76-70(46-52)83(66-30-15-11-24-62(66)63-25-12-16-31-67(63)83)71-47-53(2)35-43-77(71)86(76)58-38-40-74-80(50-58)88-81-51-59(39-41-75(81)85(74)82-60(56-20-7-5-8-21-56)28-19-29-61(82)57-22-9-6-10-23-57)87-78-44-36-54(3)48-72(78)84(73-49-55(4)37-45-79(73)87)68-32-17-13-26-64(68)65-27-14-18-33-69(65)84/h5-51H,1-4H3. The van der Waals surface area contributed by atoms with E-state index < -0.39 is 10.8 Å². The molecule has 0 atom stereocenters. The monoisotopic (exact) mass is 1120 g/mol. The molecule has 2 aliphatic carbocycles. The van der Waals surface area contributed by atoms with E-state index >= 15 is 0 Å². The number of benzene rings is 13. The molecule has 3 nitrogen and oxygen atoms in total. The Hall–Kier alpha value is -10.7. The summed E-state index contributed by atoms with van der Waals surface area (Å²) in [5.74, 6) is 1.66. The number of hydrogen-bond donors (Lipinski definition) is 0. The van der Waals surface area contributed by atoms with Gasteiger partial charge < -0.3 is 14.5 Å². The van der Waals surface area contributed by atoms with Gasteiger partial charge in [-0.25, -0.2) is 0 Å². The van der Waals surface area contributed by atoms with E-state index in [9.17, 15) is 0 Å². The summed E-state index contributed by atoms with van der Waals surface area (Å²) < 4.78 is 7.73. The normalized spacial score (nSPS) is 14.3. The van der Waals surface area contributed by atoms with E-state index in [1.165, 1.54) is 117 Å². The molecule has 0 N–H and O–H groups in total. The summed E-state index contributed by atoms with van der Waals surface area (Å²) in [7, 11) is 0. The summed E-state index contributed by atoms with van der Waals surface area (Å²) in [5, 5.41) is 0. The Morgan fingerprint density at radius 1 is 0.273 bits per heavy atom. The van der Waals surface area contributed by atoms with Gasteiger partial charge in [-0.05, 0) is 164 Å². The molecule has 0 saturated carbocycles. The smallest absolute Gasteiger partial charge is 0.252 e. The summed E-state index contributed by atoms with van der Waals surface area (Å²) in [6.07, 6.45) is 0. The van der Waals surface area contributed by atoms with Crippen LogP contribution in [0.4, 0.5) is 34.1 Å². The third-order valence-corrected chi connectivity index (χ3v) is 20.0. The largest absolute Gasteiger partial charge is 0.458 e. The quantitative estimate of drug-likeness (QED) is 0.160. The highest BCUT2D eigenvalue weighted by Gasteiger charge is 2.54. The molecule has 4 heteroatoms. The molecule has 3 aliphatic heterocycles. The second kappa shape index (κ2) is 18.9. The Bertz CT molecular complexity index is 4580. The highest BCUT2D eigenvalue weighted by molar-refractivity contribution is 6.98. The van der Waals surface area contributed by atoms with Crippen molar-refractivity contribution in [3.63, 3.8) is 0 Å². The molecule has 0 amide bonds. The average molecular weight is 1120 g/mol. The molecule has 2 spiro atoms. The van der Waals surface area contributed by atoms with Gasteiger partial charge in [-0.2, -0.15) is 0 Å². The number of fused-ring (bicyclic) bond motifs is 20. The van der Waals surface area contributed by atoms with Crippen LogP contribution in [0.2, 0.25) is 0 Å². The van der Waals surface area contributed by atoms with Crippen LogP contribution in [-0.2, 0) is 10.8 Å². The Balaban J connectivity index is 0.876. The molecule has 0 fully saturated rings. The molecule has 414 valence electrons. The lowest BCUT2D eigenvalue weighted by Gasteiger charge is -2.45. The summed E-state index contributed by atoms with van der Waals surface area (Å²) in [6, 6.07) is 108. The highest BCUT2D eigenvalue weighted by atomic mass is 16.5. The van der Waals surface area contributed by atoms with Crippen molar-refractivity contribution in [3.8, 4) is 56.0 Å². The van der Waals surface area contributed by atoms with Gasteiger partial charge in [-0.3, -0.25) is 0 Å². The fourth-order valence-corrected chi connectivity index (χ4v) is 16.5. The van der Waals surface area contributed by atoms with Crippen molar-refractivity contribution >= 4 is 57.2 Å². The van der Waals surface area contributed by atoms with Crippen LogP contribution >= 0.6 is 0 Å². The molecule has 0 radical (unpaired) electrons. The van der Waals surface area contributed by atoms with Gasteiger partial charge in [0, 0.05) is 23.5 Å². The molecule has 88 heavy (non-hydrogen) atoms. The molecule has 3 heterocycles. The van der Waals surface area contributed by atoms with Crippen molar-refractivity contribution in [1.82, 2.24) is 0 Å². The molecule has 0 aromatic heterocycles. The average Bonchev–Trinajstić information content (AvgIpc) is 1.45. The Morgan fingerprint density at radius 2 is 0.580 bits per heavy atom. The van der Waals surface area contributed by atoms with Crippen LogP contribution in [0.25, 0.3) is 44.5 Å². The molecule has 0 bridgehead atoms. The van der Waals surface area contributed by atoms with Gasteiger partial charge in [0.05, 0.1) is 33.6 Å². The van der Waals surface area contributed by atoms with Crippen molar-refractivity contribution < 1.29 is 4.74 Å². The summed E-state index contributed by atoms with van der Waals surface area (Å²) in [5.41, 5.74) is 34.3. The molecule has 18 rings (SSSR count). The predicted molar refractivity (Wildman–Crippen MR) is 365 cm³/mol. The number of ether oxygens (including phenoxy) is 1. The van der Waals surface area contributed by atoms with Crippen molar-refractivity contribution in [2.24, 2.45) is 0 Å². The van der Waals surface area contributed by atoms with Crippen LogP contribution in [0.5, 0.6) is 11.5 Å². The fourth-order valence-electron chi connectivity index (χ4n) is 16.5. The second-order valence-electron chi connectivity index (χ2n) is 24.9. The van der Waals surface area contributed by atoms with Crippen LogP contribution in [0.15, 0.2) is 285 Å². The number of aryl methyl sites for hydroxylation is 4. The molecular weight excluding hydrogens is 1060 g/mol. The first kappa shape index (κ1) is 50.6. The van der Waals surface area contributed by atoms with Crippen molar-refractivity contribution in [2.45, 2.75) is 38.5 Å². The van der Waals surface area contributed by atoms with Crippen molar-refractivity contribution in [2.75, 3.05) is 9.80 Å². The van der Waals surface area contributed by atoms with E-state index in [1.54, 1.807) is 0 Å². The van der Waals surface area contributed by atoms with E-state index in [-0.39, 0.29) is 6.71 Å². The maximum absolute atomic E-state index is 7.73. The summed E-state index contributed by atoms with van der Waals surface area (Å²) >= 11 is 0. The molecular formula is C84H59BN2O. The topological polar surface area (TPSA) is 15.7 Å². The molecule has 0 unspecified atom stereocenters. The summed E-state index contributed by atoms with van der Waals surface area (Å²) in [6.45, 7) is 8.72. The molecule has 0 saturated heterocycles. The first-order valence-corrected chi connectivity index (χ1v) is 30.9. The lowest BCUT2D eigenvalue weighted by Crippen LogP contribution is -2.56. The fraction of sp³-hybridized carbons (Fsp3) is 0.0714. The van der Waals surface area contributed by atoms with Gasteiger partial charge in [-0.1, -0.05) is 264 Å². The molecule has 13 aromatic rings. The van der Waals surface area contributed by atoms with Crippen LogP contribution in [0.3, 0.4) is 0 Å². The van der Waals surface area contributed by atoms with Crippen LogP contribution in [0.1, 0.15) is 66.8 Å². The zero-order valence-corrected chi connectivity index (χ0v) is 49.5. The lowest BCUT2D eigenvalue weighted by molar-refractivity contribution is 0.487. The zero-order valence-electron chi connectivity index (χ0n) is 49.5. The first-order chi connectivity index (χ1) is 43.3. The van der Waals surface area contributed by atoms with E-state index in [4.69, 9.17) is 4.74 Å². The number of hydrogen-bond acceptors (Lipinski definition) is 3. The van der Waals surface area contributed by atoms with E-state index in [2.05, 4.69) is 323 Å². The maximum Gasteiger partial charge on any atom is 0.252 e. The minimum Gasteiger partial charge on any atom is -0.458 e. The molecule has 13 aromatic carbocycles. The zero-order chi connectivity index (χ0) is 58.6. The number of nitrogens with zero attached hydrogens (tertiary/aromatic N) is 2. The van der Waals surface area contributed by atoms with Crippen LogP contribution in [-0.4, -0.2) is 6.71 Å². The van der Waals surface area contributed by atoms with Gasteiger partial charge in [0.2, 0.25) is 0 Å². The van der Waals surface area contributed by atoms with Gasteiger partial charge in [-0.15, -0.1) is 0 Å². The van der Waals surface area contributed by atoms with E-state index in [0.29, 0.717) is 0 Å². The summed E-state index contributed by atoms with van der Waals surface area (Å²) in [4.78, 5) is 5.02. The highest BCUT2D eigenvalue weighted by Crippen LogP contribution is 2.66. The Labute approximate surface area is 515 Å².